The van der Waals surface area contributed by atoms with Gasteiger partial charge in [-0.3, -0.25) is 4.79 Å². The average Bonchev–Trinajstić information content (AvgIpc) is 3.36. The van der Waals surface area contributed by atoms with E-state index < -0.39 is 17.8 Å². The lowest BCUT2D eigenvalue weighted by Gasteiger charge is -2.10. The summed E-state index contributed by atoms with van der Waals surface area (Å²) >= 11 is 13.4. The van der Waals surface area contributed by atoms with Gasteiger partial charge in [0.2, 0.25) is 0 Å². The molecule has 0 bridgehead atoms. The highest BCUT2D eigenvalue weighted by molar-refractivity contribution is 7.99. The number of nitrogens with zero attached hydrogens (tertiary/aromatic N) is 3. The number of hydrogen-bond acceptors (Lipinski definition) is 4. The maximum Gasteiger partial charge on any atom is 0.435 e. The van der Waals surface area contributed by atoms with Crippen molar-refractivity contribution < 1.29 is 18.0 Å². The Morgan fingerprint density at radius 3 is 2.55 bits per heavy atom. The fourth-order valence-electron chi connectivity index (χ4n) is 3.15. The molecular weight excluding hydrogens is 522 g/mol. The Kier molecular flexibility index (Phi) is 7.84. The van der Waals surface area contributed by atoms with Crippen LogP contribution in [0.3, 0.4) is 0 Å². The van der Waals surface area contributed by atoms with Crippen LogP contribution in [0, 0.1) is 0 Å². The molecule has 0 atom stereocenters. The van der Waals surface area contributed by atoms with E-state index in [-0.39, 0.29) is 51.5 Å². The summed E-state index contributed by atoms with van der Waals surface area (Å²) in [6.45, 7) is 0. The Bertz CT molecular complexity index is 1260. The molecule has 0 aliphatic rings. The fourth-order valence-corrected chi connectivity index (χ4v) is 4.50. The molecule has 6 nitrogen and oxygen atoms in total. The second-order valence-corrected chi connectivity index (χ2v) is 8.46. The Morgan fingerprint density at radius 2 is 1.91 bits per heavy atom. The average molecular weight is 537 g/mol. The van der Waals surface area contributed by atoms with Crippen LogP contribution in [0.4, 0.5) is 18.9 Å². The Balaban J connectivity index is 0.00000306. The highest BCUT2D eigenvalue weighted by atomic mass is 35.5. The van der Waals surface area contributed by atoms with Crippen molar-refractivity contribution >= 4 is 64.6 Å². The number of fused-ring (bicyclic) bond motifs is 1. The maximum absolute atomic E-state index is 13.7. The summed E-state index contributed by atoms with van der Waals surface area (Å²) in [6.07, 6.45) is 0.0948. The minimum atomic E-state index is -4.66. The molecule has 2 N–H and O–H groups in total. The summed E-state index contributed by atoms with van der Waals surface area (Å²) in [5.41, 5.74) is -0.928. The molecule has 4 aromatic rings. The largest absolute Gasteiger partial charge is 0.435 e. The molecule has 0 fully saturated rings. The molecule has 4 rings (SSSR count). The van der Waals surface area contributed by atoms with E-state index in [4.69, 9.17) is 23.2 Å². The minimum Gasteiger partial charge on any atom is -0.340 e. The van der Waals surface area contributed by atoms with Gasteiger partial charge in [0.15, 0.2) is 16.5 Å². The van der Waals surface area contributed by atoms with E-state index in [1.54, 1.807) is 18.5 Å². The van der Waals surface area contributed by atoms with Gasteiger partial charge < -0.3 is 14.7 Å². The first kappa shape index (κ1) is 25.2. The number of pyridine rings is 1. The van der Waals surface area contributed by atoms with Gasteiger partial charge in [-0.2, -0.15) is 13.2 Å². The summed E-state index contributed by atoms with van der Waals surface area (Å²) in [7, 11) is 0. The molecular formula is C20H15Cl3F3N5OS. The molecule has 1 amide bonds. The number of nitrogens with one attached hydrogen (secondary N) is 2. The first-order valence-electron chi connectivity index (χ1n) is 9.20. The number of alkyl halides is 3. The van der Waals surface area contributed by atoms with Crippen LogP contribution in [0.5, 0.6) is 0 Å². The predicted molar refractivity (Wildman–Crippen MR) is 125 cm³/mol. The Morgan fingerprint density at radius 1 is 1.18 bits per heavy atom. The lowest BCUT2D eigenvalue weighted by molar-refractivity contribution is -0.141. The van der Waals surface area contributed by atoms with Crippen molar-refractivity contribution in [1.29, 1.82) is 0 Å². The molecule has 174 valence electrons. The number of H-pyrrole nitrogens is 1. The van der Waals surface area contributed by atoms with E-state index in [2.05, 4.69) is 20.3 Å². The van der Waals surface area contributed by atoms with E-state index in [0.29, 0.717) is 10.9 Å². The zero-order valence-electron chi connectivity index (χ0n) is 16.5. The van der Waals surface area contributed by atoms with Gasteiger partial charge in [-0.25, -0.2) is 9.97 Å². The van der Waals surface area contributed by atoms with E-state index in [0.717, 1.165) is 0 Å². The second kappa shape index (κ2) is 10.3. The van der Waals surface area contributed by atoms with E-state index in [1.807, 2.05) is 0 Å². The van der Waals surface area contributed by atoms with E-state index in [1.165, 1.54) is 46.6 Å². The van der Waals surface area contributed by atoms with Gasteiger partial charge in [0.25, 0.3) is 5.91 Å². The van der Waals surface area contributed by atoms with Crippen LogP contribution >= 0.6 is 47.4 Å². The van der Waals surface area contributed by atoms with Crippen LogP contribution in [0.2, 0.25) is 10.0 Å². The number of halogens is 6. The van der Waals surface area contributed by atoms with Gasteiger partial charge in [-0.15, -0.1) is 12.4 Å². The summed E-state index contributed by atoms with van der Waals surface area (Å²) in [5, 5.41) is 3.43. The number of anilines is 1. The van der Waals surface area contributed by atoms with Crippen LogP contribution in [-0.4, -0.2) is 31.0 Å². The van der Waals surface area contributed by atoms with Crippen LogP contribution in [0.1, 0.15) is 21.7 Å². The van der Waals surface area contributed by atoms with Gasteiger partial charge in [-0.05, 0) is 30.7 Å². The van der Waals surface area contributed by atoms with Crippen molar-refractivity contribution in [2.24, 2.45) is 0 Å². The van der Waals surface area contributed by atoms with Crippen LogP contribution in [0.15, 0.2) is 54.1 Å². The zero-order valence-corrected chi connectivity index (χ0v) is 19.6. The molecule has 0 aliphatic carbocycles. The number of aromatic amines is 1. The molecule has 0 saturated heterocycles. The summed E-state index contributed by atoms with van der Waals surface area (Å²) < 4.78 is 42.5. The number of benzene rings is 1. The van der Waals surface area contributed by atoms with Crippen molar-refractivity contribution in [2.45, 2.75) is 17.8 Å². The Labute approximate surface area is 206 Å². The van der Waals surface area contributed by atoms with Gasteiger partial charge in [0, 0.05) is 24.3 Å². The van der Waals surface area contributed by atoms with Gasteiger partial charge >= 0.3 is 6.18 Å². The first-order valence-corrected chi connectivity index (χ1v) is 10.9. The van der Waals surface area contributed by atoms with E-state index in [9.17, 15) is 18.0 Å². The number of aromatic nitrogens is 4. The predicted octanol–water partition coefficient (Wildman–Crippen LogP) is 6.39. The molecule has 33 heavy (non-hydrogen) atoms. The van der Waals surface area contributed by atoms with Gasteiger partial charge in [0.1, 0.15) is 0 Å². The molecule has 0 unspecified atom stereocenters. The third kappa shape index (κ3) is 5.40. The first-order chi connectivity index (χ1) is 15.3. The smallest absolute Gasteiger partial charge is 0.340 e. The quantitative estimate of drug-likeness (QED) is 0.280. The number of carbonyl (C=O) groups is 1. The highest BCUT2D eigenvalue weighted by Crippen LogP contribution is 2.35. The lowest BCUT2D eigenvalue weighted by atomic mass is 10.2. The highest BCUT2D eigenvalue weighted by Gasteiger charge is 2.38. The molecule has 1 aromatic carbocycles. The van der Waals surface area contributed by atoms with Gasteiger partial charge in [-0.1, -0.05) is 41.0 Å². The SMILES string of the molecule is Cl.O=C(Nc1cccn2c(CCSc3ncc[nH]3)c(C(F)(F)F)nc12)c1c(Cl)cccc1Cl. The Hall–Kier alpha value is -2.40. The number of carbonyl (C=O) groups excluding carboxylic acids is 1. The number of aryl methyl sites for hydroxylation is 1. The topological polar surface area (TPSA) is 75.1 Å². The number of amides is 1. The molecule has 3 heterocycles. The summed E-state index contributed by atoms with van der Waals surface area (Å²) in [4.78, 5) is 23.5. The third-order valence-corrected chi connectivity index (χ3v) is 6.04. The second-order valence-electron chi connectivity index (χ2n) is 6.56. The number of thioether (sulfide) groups is 1. The summed E-state index contributed by atoms with van der Waals surface area (Å²) in [5.74, 6) is -0.309. The molecule has 0 saturated carbocycles. The molecule has 13 heteroatoms. The lowest BCUT2D eigenvalue weighted by Crippen LogP contribution is -2.14. The van der Waals surface area contributed by atoms with Crippen molar-refractivity contribution in [2.75, 3.05) is 11.1 Å². The monoisotopic (exact) mass is 535 g/mol. The molecule has 0 radical (unpaired) electrons. The third-order valence-electron chi connectivity index (χ3n) is 4.51. The fraction of sp³-hybridized carbons (Fsp3) is 0.150. The van der Waals surface area contributed by atoms with Gasteiger partial charge in [0.05, 0.1) is 27.0 Å². The normalized spacial score (nSPS) is 11.4. The molecule has 0 spiro atoms. The summed E-state index contributed by atoms with van der Waals surface area (Å²) in [6, 6.07) is 7.57. The van der Waals surface area contributed by atoms with Crippen molar-refractivity contribution in [1.82, 2.24) is 19.4 Å². The number of rotatable bonds is 6. The standard InChI is InChI=1S/C20H14Cl2F3N5OS.ClH/c21-11-3-1-4-12(22)15(11)18(31)28-13-5-2-9-30-14(6-10-32-19-26-7-8-27-19)16(20(23,24)25)29-17(13)30;/h1-5,7-9H,6,10H2,(H,26,27)(H,28,31);1H. The van der Waals surface area contributed by atoms with Crippen LogP contribution in [-0.2, 0) is 12.6 Å². The number of imidazole rings is 2. The van der Waals surface area contributed by atoms with Crippen molar-refractivity contribution in [3.63, 3.8) is 0 Å². The van der Waals surface area contributed by atoms with Crippen molar-refractivity contribution in [3.8, 4) is 0 Å². The van der Waals surface area contributed by atoms with Crippen LogP contribution in [0.25, 0.3) is 5.65 Å². The van der Waals surface area contributed by atoms with Crippen molar-refractivity contribution in [3.05, 3.63) is 75.9 Å². The van der Waals surface area contributed by atoms with Crippen LogP contribution < -0.4 is 5.32 Å². The maximum atomic E-state index is 13.7. The zero-order chi connectivity index (χ0) is 22.9. The minimum absolute atomic E-state index is 0. The molecule has 0 aliphatic heterocycles. The molecule has 3 aromatic heterocycles. The van der Waals surface area contributed by atoms with E-state index >= 15 is 0 Å². The number of hydrogen-bond donors (Lipinski definition) is 2.